The van der Waals surface area contributed by atoms with Crippen molar-refractivity contribution in [2.45, 2.75) is 17.3 Å². The van der Waals surface area contributed by atoms with Crippen molar-refractivity contribution in [3.8, 4) is 11.3 Å². The minimum atomic E-state index is -3.50. The highest BCUT2D eigenvalue weighted by atomic mass is 32.2. The number of nitrogens with one attached hydrogen (secondary N) is 1. The van der Waals surface area contributed by atoms with Crippen LogP contribution in [0.1, 0.15) is 10.6 Å². The SMILES string of the molecule is O=c1[nH]c2cc(CO)ccc2cc1-c1csc(CS(=O)(=O)c2ccccc2)n1. The van der Waals surface area contributed by atoms with Crippen LogP contribution in [0.25, 0.3) is 22.2 Å². The second-order valence-electron chi connectivity index (χ2n) is 6.29. The number of aromatic amines is 1. The van der Waals surface area contributed by atoms with Gasteiger partial charge in [-0.3, -0.25) is 4.79 Å². The largest absolute Gasteiger partial charge is 0.392 e. The van der Waals surface area contributed by atoms with E-state index in [4.69, 9.17) is 0 Å². The number of benzene rings is 2. The maximum Gasteiger partial charge on any atom is 0.257 e. The first-order chi connectivity index (χ1) is 13.5. The van der Waals surface area contributed by atoms with Gasteiger partial charge in [0.1, 0.15) is 10.8 Å². The summed E-state index contributed by atoms with van der Waals surface area (Å²) in [6.07, 6.45) is 0. The smallest absolute Gasteiger partial charge is 0.257 e. The quantitative estimate of drug-likeness (QED) is 0.525. The van der Waals surface area contributed by atoms with Gasteiger partial charge in [0, 0.05) is 10.9 Å². The molecule has 8 heteroatoms. The van der Waals surface area contributed by atoms with Gasteiger partial charge in [0.25, 0.3) is 5.56 Å². The molecule has 0 saturated heterocycles. The lowest BCUT2D eigenvalue weighted by atomic mass is 10.1. The van der Waals surface area contributed by atoms with E-state index in [1.54, 1.807) is 53.9 Å². The Labute approximate surface area is 165 Å². The summed E-state index contributed by atoms with van der Waals surface area (Å²) >= 11 is 1.21. The van der Waals surface area contributed by atoms with Crippen LogP contribution < -0.4 is 5.56 Å². The highest BCUT2D eigenvalue weighted by molar-refractivity contribution is 7.90. The van der Waals surface area contributed by atoms with Crippen molar-refractivity contribution < 1.29 is 13.5 Å². The summed E-state index contributed by atoms with van der Waals surface area (Å²) in [7, 11) is -3.50. The van der Waals surface area contributed by atoms with Gasteiger partial charge in [-0.15, -0.1) is 11.3 Å². The van der Waals surface area contributed by atoms with Crippen LogP contribution in [0, 0.1) is 0 Å². The van der Waals surface area contributed by atoms with E-state index in [2.05, 4.69) is 9.97 Å². The van der Waals surface area contributed by atoms with Gasteiger partial charge < -0.3 is 10.1 Å². The van der Waals surface area contributed by atoms with E-state index in [1.165, 1.54) is 11.3 Å². The Morgan fingerprint density at radius 2 is 1.86 bits per heavy atom. The molecule has 4 rings (SSSR count). The van der Waals surface area contributed by atoms with Crippen molar-refractivity contribution in [2.75, 3.05) is 0 Å². The number of pyridine rings is 1. The molecule has 2 aromatic carbocycles. The monoisotopic (exact) mass is 412 g/mol. The Morgan fingerprint density at radius 3 is 2.61 bits per heavy atom. The number of rotatable bonds is 5. The lowest BCUT2D eigenvalue weighted by molar-refractivity contribution is 0.282. The number of fused-ring (bicyclic) bond motifs is 1. The van der Waals surface area contributed by atoms with Gasteiger partial charge in [0.15, 0.2) is 9.84 Å². The first kappa shape index (κ1) is 18.5. The lowest BCUT2D eigenvalue weighted by Gasteiger charge is -2.03. The number of nitrogens with zero attached hydrogens (tertiary/aromatic N) is 1. The van der Waals surface area contributed by atoms with Gasteiger partial charge in [-0.2, -0.15) is 0 Å². The molecule has 6 nitrogen and oxygen atoms in total. The summed E-state index contributed by atoms with van der Waals surface area (Å²) in [6.45, 7) is -0.106. The standard InChI is InChI=1S/C20H16N2O4S2/c23-10-13-6-7-14-9-16(20(24)22-17(14)8-13)18-11-27-19(21-18)12-28(25,26)15-4-2-1-3-5-15/h1-9,11,23H,10,12H2,(H,22,24). The Kier molecular flexibility index (Phi) is 4.84. The number of H-pyrrole nitrogens is 1. The lowest BCUT2D eigenvalue weighted by Crippen LogP contribution is -2.09. The van der Waals surface area contributed by atoms with Crippen LogP contribution in [0.15, 0.2) is 69.7 Å². The maximum absolute atomic E-state index is 12.5. The third-order valence-electron chi connectivity index (χ3n) is 4.34. The summed E-state index contributed by atoms with van der Waals surface area (Å²) in [4.78, 5) is 19.9. The molecule has 4 aromatic rings. The molecular formula is C20H16N2O4S2. The van der Waals surface area contributed by atoms with Crippen molar-refractivity contribution in [1.29, 1.82) is 0 Å². The molecule has 0 atom stereocenters. The van der Waals surface area contributed by atoms with Crippen LogP contribution in [-0.2, 0) is 22.2 Å². The average molecular weight is 412 g/mol. The topological polar surface area (TPSA) is 100 Å². The highest BCUT2D eigenvalue weighted by Gasteiger charge is 2.18. The van der Waals surface area contributed by atoms with Gasteiger partial charge in [-0.1, -0.05) is 30.3 Å². The normalized spacial score (nSPS) is 11.8. The third-order valence-corrected chi connectivity index (χ3v) is 7.01. The molecule has 0 fully saturated rings. The molecule has 0 aliphatic heterocycles. The van der Waals surface area contributed by atoms with Gasteiger partial charge in [0.2, 0.25) is 0 Å². The van der Waals surface area contributed by atoms with E-state index < -0.39 is 9.84 Å². The van der Waals surface area contributed by atoms with Crippen LogP contribution in [0.5, 0.6) is 0 Å². The van der Waals surface area contributed by atoms with Gasteiger partial charge in [-0.05, 0) is 35.2 Å². The van der Waals surface area contributed by atoms with E-state index in [0.717, 1.165) is 5.39 Å². The number of hydrogen-bond donors (Lipinski definition) is 2. The summed E-state index contributed by atoms with van der Waals surface area (Å²) in [5.41, 5.74) is 1.84. The van der Waals surface area contributed by atoms with E-state index in [9.17, 15) is 18.3 Å². The van der Waals surface area contributed by atoms with E-state index in [-0.39, 0.29) is 22.8 Å². The number of aliphatic hydroxyl groups is 1. The van der Waals surface area contributed by atoms with Crippen LogP contribution >= 0.6 is 11.3 Å². The predicted octanol–water partition coefficient (Wildman–Crippen LogP) is 3.12. The zero-order valence-electron chi connectivity index (χ0n) is 14.6. The van der Waals surface area contributed by atoms with Gasteiger partial charge in [-0.25, -0.2) is 13.4 Å². The molecule has 0 bridgehead atoms. The third kappa shape index (κ3) is 3.62. The van der Waals surface area contributed by atoms with Crippen LogP contribution in [0.2, 0.25) is 0 Å². The molecule has 142 valence electrons. The molecular weight excluding hydrogens is 396 g/mol. The van der Waals surface area contributed by atoms with E-state index in [1.807, 2.05) is 6.07 Å². The Hall–Kier alpha value is -2.81. The first-order valence-electron chi connectivity index (χ1n) is 8.46. The molecule has 0 unspecified atom stereocenters. The fraction of sp³-hybridized carbons (Fsp3) is 0.100. The summed E-state index contributed by atoms with van der Waals surface area (Å²) in [5, 5.41) is 12.1. The second-order valence-corrected chi connectivity index (χ2v) is 9.22. The molecule has 0 spiro atoms. The van der Waals surface area contributed by atoms with Crippen LogP contribution in [0.4, 0.5) is 0 Å². The van der Waals surface area contributed by atoms with Crippen molar-refractivity contribution in [3.63, 3.8) is 0 Å². The number of aromatic nitrogens is 2. The zero-order valence-corrected chi connectivity index (χ0v) is 16.3. The molecule has 0 aliphatic rings. The summed E-state index contributed by atoms with van der Waals surface area (Å²) in [5.74, 6) is -0.215. The van der Waals surface area contributed by atoms with Crippen molar-refractivity contribution >= 4 is 32.1 Å². The maximum atomic E-state index is 12.5. The molecule has 0 saturated carbocycles. The zero-order chi connectivity index (χ0) is 19.7. The van der Waals surface area contributed by atoms with Crippen molar-refractivity contribution in [3.05, 3.63) is 80.9 Å². The number of thiazole rings is 1. The van der Waals surface area contributed by atoms with E-state index >= 15 is 0 Å². The van der Waals surface area contributed by atoms with E-state index in [0.29, 0.717) is 27.3 Å². The molecule has 0 amide bonds. The molecule has 2 heterocycles. The molecule has 2 N–H and O–H groups in total. The Balaban J connectivity index is 1.68. The highest BCUT2D eigenvalue weighted by Crippen LogP contribution is 2.25. The number of aliphatic hydroxyl groups excluding tert-OH is 1. The minimum absolute atomic E-state index is 0.106. The first-order valence-corrected chi connectivity index (χ1v) is 11.0. The molecule has 0 aliphatic carbocycles. The Morgan fingerprint density at radius 1 is 1.07 bits per heavy atom. The fourth-order valence-electron chi connectivity index (χ4n) is 2.91. The molecule has 0 radical (unpaired) electrons. The van der Waals surface area contributed by atoms with Crippen molar-refractivity contribution in [1.82, 2.24) is 9.97 Å². The summed E-state index contributed by atoms with van der Waals surface area (Å²) in [6, 6.07) is 15.3. The molecule has 2 aromatic heterocycles. The number of hydrogen-bond acceptors (Lipinski definition) is 6. The van der Waals surface area contributed by atoms with Gasteiger partial charge in [0.05, 0.1) is 22.8 Å². The molecule has 28 heavy (non-hydrogen) atoms. The Bertz CT molecular complexity index is 1310. The predicted molar refractivity (Wildman–Crippen MR) is 109 cm³/mol. The van der Waals surface area contributed by atoms with Crippen LogP contribution in [-0.4, -0.2) is 23.5 Å². The minimum Gasteiger partial charge on any atom is -0.392 e. The van der Waals surface area contributed by atoms with Gasteiger partial charge >= 0.3 is 0 Å². The fourth-order valence-corrected chi connectivity index (χ4v) is 5.36. The van der Waals surface area contributed by atoms with Crippen LogP contribution in [0.3, 0.4) is 0 Å². The summed E-state index contributed by atoms with van der Waals surface area (Å²) < 4.78 is 25.1. The second kappa shape index (κ2) is 7.31. The van der Waals surface area contributed by atoms with Crippen molar-refractivity contribution in [2.24, 2.45) is 0 Å². The number of sulfone groups is 1. The average Bonchev–Trinajstić information content (AvgIpc) is 3.15.